The van der Waals surface area contributed by atoms with E-state index in [9.17, 15) is 4.79 Å². The number of ether oxygens (including phenoxy) is 1. The van der Waals surface area contributed by atoms with Gasteiger partial charge in [-0.15, -0.1) is 0 Å². The summed E-state index contributed by atoms with van der Waals surface area (Å²) in [5.74, 6) is 1.34. The molecule has 0 bridgehead atoms. The quantitative estimate of drug-likeness (QED) is 0.843. The van der Waals surface area contributed by atoms with Crippen molar-refractivity contribution in [3.8, 4) is 5.75 Å². The van der Waals surface area contributed by atoms with Gasteiger partial charge in [-0.05, 0) is 43.0 Å². The molecule has 3 nitrogen and oxygen atoms in total. The lowest BCUT2D eigenvalue weighted by molar-refractivity contribution is -0.135. The minimum Gasteiger partial charge on any atom is -0.484 e. The molecule has 2 rings (SSSR count). The molecule has 1 aromatic rings. The van der Waals surface area contributed by atoms with Crippen LogP contribution in [0.15, 0.2) is 24.3 Å². The second-order valence-corrected chi connectivity index (χ2v) is 5.27. The molecule has 1 aromatic carbocycles. The zero-order chi connectivity index (χ0) is 13.0. The zero-order valence-electron chi connectivity index (χ0n) is 10.6. The highest BCUT2D eigenvalue weighted by Gasteiger charge is 2.20. The normalized spacial score (nSPS) is 19.7. The topological polar surface area (TPSA) is 29.5 Å². The van der Waals surface area contributed by atoms with Gasteiger partial charge in [-0.3, -0.25) is 4.79 Å². The molecular weight excluding hydrogens is 250 g/mol. The molecule has 18 heavy (non-hydrogen) atoms. The third-order valence-electron chi connectivity index (χ3n) is 3.19. The van der Waals surface area contributed by atoms with E-state index in [-0.39, 0.29) is 12.5 Å². The molecule has 1 saturated heterocycles. The van der Waals surface area contributed by atoms with Crippen LogP contribution in [0.2, 0.25) is 5.02 Å². The van der Waals surface area contributed by atoms with Crippen molar-refractivity contribution in [3.63, 3.8) is 0 Å². The summed E-state index contributed by atoms with van der Waals surface area (Å²) in [5, 5.41) is 0.665. The van der Waals surface area contributed by atoms with Crippen LogP contribution in [0, 0.1) is 5.92 Å². The van der Waals surface area contributed by atoms with Crippen LogP contribution < -0.4 is 4.74 Å². The molecule has 0 aromatic heterocycles. The predicted octanol–water partition coefficient (Wildman–Crippen LogP) is 2.98. The van der Waals surface area contributed by atoms with Crippen LogP contribution >= 0.6 is 11.6 Å². The number of piperidine rings is 1. The fourth-order valence-electron chi connectivity index (χ4n) is 2.18. The van der Waals surface area contributed by atoms with Crippen LogP contribution in [0.1, 0.15) is 19.8 Å². The van der Waals surface area contributed by atoms with E-state index in [1.807, 2.05) is 4.90 Å². The number of amides is 1. The number of likely N-dealkylation sites (tertiary alicyclic amines) is 1. The van der Waals surface area contributed by atoms with Gasteiger partial charge < -0.3 is 9.64 Å². The van der Waals surface area contributed by atoms with Crippen LogP contribution in [0.3, 0.4) is 0 Å². The van der Waals surface area contributed by atoms with Gasteiger partial charge in [-0.25, -0.2) is 0 Å². The van der Waals surface area contributed by atoms with Gasteiger partial charge in [-0.1, -0.05) is 18.5 Å². The number of halogens is 1. The molecule has 98 valence electrons. The predicted molar refractivity (Wildman–Crippen MR) is 71.9 cm³/mol. The fourth-order valence-corrected chi connectivity index (χ4v) is 2.31. The molecule has 0 N–H and O–H groups in total. The van der Waals surface area contributed by atoms with Gasteiger partial charge in [0.1, 0.15) is 5.75 Å². The van der Waals surface area contributed by atoms with E-state index in [0.717, 1.165) is 19.5 Å². The number of nitrogens with zero attached hydrogens (tertiary/aromatic N) is 1. The van der Waals surface area contributed by atoms with E-state index in [1.54, 1.807) is 24.3 Å². The van der Waals surface area contributed by atoms with E-state index < -0.39 is 0 Å². The summed E-state index contributed by atoms with van der Waals surface area (Å²) in [5.41, 5.74) is 0. The van der Waals surface area contributed by atoms with Gasteiger partial charge in [0.2, 0.25) is 0 Å². The van der Waals surface area contributed by atoms with Crippen LogP contribution in [0.5, 0.6) is 5.75 Å². The molecule has 0 unspecified atom stereocenters. The molecular formula is C14H18ClNO2. The Kier molecular flexibility index (Phi) is 4.48. The van der Waals surface area contributed by atoms with Gasteiger partial charge in [0.25, 0.3) is 5.91 Å². The number of benzene rings is 1. The lowest BCUT2D eigenvalue weighted by Crippen LogP contribution is -2.41. The van der Waals surface area contributed by atoms with Crippen molar-refractivity contribution in [1.29, 1.82) is 0 Å². The molecule has 1 atom stereocenters. The highest BCUT2D eigenvalue weighted by atomic mass is 35.5. The van der Waals surface area contributed by atoms with Crippen LogP contribution in [-0.4, -0.2) is 30.5 Å². The first kappa shape index (κ1) is 13.2. The summed E-state index contributed by atoms with van der Waals surface area (Å²) >= 11 is 5.78. The van der Waals surface area contributed by atoms with Crippen molar-refractivity contribution in [2.45, 2.75) is 19.8 Å². The summed E-state index contributed by atoms with van der Waals surface area (Å²) in [6.45, 7) is 3.99. The van der Waals surface area contributed by atoms with E-state index in [1.165, 1.54) is 6.42 Å². The highest BCUT2D eigenvalue weighted by Crippen LogP contribution is 2.17. The van der Waals surface area contributed by atoms with Crippen molar-refractivity contribution < 1.29 is 9.53 Å². The van der Waals surface area contributed by atoms with E-state index >= 15 is 0 Å². The Morgan fingerprint density at radius 1 is 1.44 bits per heavy atom. The van der Waals surface area contributed by atoms with Crippen molar-refractivity contribution in [2.24, 2.45) is 5.92 Å². The molecule has 1 fully saturated rings. The molecule has 1 heterocycles. The molecule has 1 aliphatic rings. The van der Waals surface area contributed by atoms with Crippen molar-refractivity contribution in [2.75, 3.05) is 19.7 Å². The molecule has 4 heteroatoms. The van der Waals surface area contributed by atoms with Crippen LogP contribution in [-0.2, 0) is 4.79 Å². The number of rotatable bonds is 3. The maximum Gasteiger partial charge on any atom is 0.260 e. The Morgan fingerprint density at radius 3 is 2.83 bits per heavy atom. The standard InChI is InChI=1S/C14H18ClNO2/c1-11-3-2-8-16(9-11)14(17)10-18-13-6-4-12(15)5-7-13/h4-7,11H,2-3,8-10H2,1H3/t11-/m0/s1. The number of carbonyl (C=O) groups excluding carboxylic acids is 1. The van der Waals surface area contributed by atoms with Gasteiger partial charge in [0.15, 0.2) is 6.61 Å². The largest absolute Gasteiger partial charge is 0.484 e. The lowest BCUT2D eigenvalue weighted by atomic mass is 10.0. The molecule has 0 radical (unpaired) electrons. The Hall–Kier alpha value is -1.22. The molecule has 0 spiro atoms. The first-order valence-corrected chi connectivity index (χ1v) is 6.69. The number of hydrogen-bond donors (Lipinski definition) is 0. The number of carbonyl (C=O) groups is 1. The second-order valence-electron chi connectivity index (χ2n) is 4.83. The second kappa shape index (κ2) is 6.10. The van der Waals surface area contributed by atoms with Crippen LogP contribution in [0.4, 0.5) is 0 Å². The van der Waals surface area contributed by atoms with Gasteiger partial charge in [0, 0.05) is 18.1 Å². The van der Waals surface area contributed by atoms with E-state index in [2.05, 4.69) is 6.92 Å². The van der Waals surface area contributed by atoms with E-state index in [0.29, 0.717) is 16.7 Å². The highest BCUT2D eigenvalue weighted by molar-refractivity contribution is 6.30. The smallest absolute Gasteiger partial charge is 0.260 e. The SMILES string of the molecule is C[C@H]1CCCN(C(=O)COc2ccc(Cl)cc2)C1. The van der Waals surface area contributed by atoms with Crippen molar-refractivity contribution in [3.05, 3.63) is 29.3 Å². The Labute approximate surface area is 113 Å². The molecule has 0 saturated carbocycles. The summed E-state index contributed by atoms with van der Waals surface area (Å²) < 4.78 is 5.46. The first-order valence-electron chi connectivity index (χ1n) is 6.31. The lowest BCUT2D eigenvalue weighted by Gasteiger charge is -2.30. The maximum absolute atomic E-state index is 12.0. The Bertz CT molecular complexity index is 405. The molecule has 1 amide bonds. The van der Waals surface area contributed by atoms with Crippen molar-refractivity contribution in [1.82, 2.24) is 4.90 Å². The average molecular weight is 268 g/mol. The summed E-state index contributed by atoms with van der Waals surface area (Å²) in [6, 6.07) is 7.05. The summed E-state index contributed by atoms with van der Waals surface area (Å²) in [7, 11) is 0. The Balaban J connectivity index is 1.82. The third kappa shape index (κ3) is 3.64. The Morgan fingerprint density at radius 2 is 2.17 bits per heavy atom. The molecule has 1 aliphatic heterocycles. The van der Waals surface area contributed by atoms with Gasteiger partial charge in [0.05, 0.1) is 0 Å². The monoisotopic (exact) mass is 267 g/mol. The number of hydrogen-bond acceptors (Lipinski definition) is 2. The van der Waals surface area contributed by atoms with Crippen molar-refractivity contribution >= 4 is 17.5 Å². The van der Waals surface area contributed by atoms with E-state index in [4.69, 9.17) is 16.3 Å². The average Bonchev–Trinajstić information content (AvgIpc) is 2.38. The minimum atomic E-state index is 0.0662. The van der Waals surface area contributed by atoms with Gasteiger partial charge >= 0.3 is 0 Å². The zero-order valence-corrected chi connectivity index (χ0v) is 11.3. The molecule has 0 aliphatic carbocycles. The maximum atomic E-state index is 12.0. The third-order valence-corrected chi connectivity index (χ3v) is 3.44. The fraction of sp³-hybridized carbons (Fsp3) is 0.500. The van der Waals surface area contributed by atoms with Crippen LogP contribution in [0.25, 0.3) is 0 Å². The summed E-state index contributed by atoms with van der Waals surface area (Å²) in [4.78, 5) is 13.9. The summed E-state index contributed by atoms with van der Waals surface area (Å²) in [6.07, 6.45) is 2.30. The van der Waals surface area contributed by atoms with Gasteiger partial charge in [-0.2, -0.15) is 0 Å². The first-order chi connectivity index (χ1) is 8.65. The minimum absolute atomic E-state index is 0.0662.